The van der Waals surface area contributed by atoms with Gasteiger partial charge in [-0.3, -0.25) is 4.79 Å². The van der Waals surface area contributed by atoms with E-state index in [4.69, 9.17) is 4.42 Å². The van der Waals surface area contributed by atoms with Crippen molar-refractivity contribution in [1.29, 1.82) is 0 Å². The lowest BCUT2D eigenvalue weighted by atomic mass is 10.1. The van der Waals surface area contributed by atoms with Gasteiger partial charge in [0.15, 0.2) is 5.76 Å². The van der Waals surface area contributed by atoms with Crippen molar-refractivity contribution >= 4 is 17.0 Å². The summed E-state index contributed by atoms with van der Waals surface area (Å²) in [4.78, 5) is 12.3. The summed E-state index contributed by atoms with van der Waals surface area (Å²) in [6.07, 6.45) is 1.57. The fourth-order valence-corrected chi connectivity index (χ4v) is 2.21. The molecular formula is C17H12O3. The summed E-state index contributed by atoms with van der Waals surface area (Å²) in [5.74, 6) is -0.192. The van der Waals surface area contributed by atoms with Crippen LogP contribution >= 0.6 is 0 Å². The predicted molar refractivity (Wildman–Crippen MR) is 79.7 cm³/mol. The minimum Gasteiger partial charge on any atom is -0.502 e. The first kappa shape index (κ1) is 12.2. The normalized spacial score (nSPS) is 10.6. The van der Waals surface area contributed by atoms with Crippen molar-refractivity contribution in [2.75, 3.05) is 0 Å². The number of hydrogen-bond donors (Lipinski definition) is 1. The van der Waals surface area contributed by atoms with Crippen LogP contribution in [0.5, 0.6) is 5.75 Å². The molecule has 3 nitrogen and oxygen atoms in total. The van der Waals surface area contributed by atoms with Crippen molar-refractivity contribution in [2.24, 2.45) is 0 Å². The van der Waals surface area contributed by atoms with Gasteiger partial charge in [-0.05, 0) is 11.6 Å². The van der Waals surface area contributed by atoms with Gasteiger partial charge in [0, 0.05) is 5.56 Å². The molecule has 0 saturated carbocycles. The van der Waals surface area contributed by atoms with Gasteiger partial charge in [-0.2, -0.15) is 0 Å². The molecule has 3 aromatic rings. The van der Waals surface area contributed by atoms with Crippen LogP contribution in [0.1, 0.15) is 5.56 Å². The van der Waals surface area contributed by atoms with Crippen LogP contribution in [0.25, 0.3) is 28.4 Å². The molecule has 3 heteroatoms. The molecule has 1 heterocycles. The van der Waals surface area contributed by atoms with Crippen molar-refractivity contribution < 1.29 is 9.52 Å². The molecule has 1 aromatic heterocycles. The third kappa shape index (κ3) is 1.80. The molecule has 0 unspecified atom stereocenters. The van der Waals surface area contributed by atoms with Crippen LogP contribution in [0.3, 0.4) is 0 Å². The Balaban J connectivity index is 2.41. The monoisotopic (exact) mass is 264 g/mol. The minimum absolute atomic E-state index is 0.185. The highest BCUT2D eigenvalue weighted by Crippen LogP contribution is 2.30. The number of rotatable bonds is 2. The van der Waals surface area contributed by atoms with E-state index in [0.29, 0.717) is 22.1 Å². The lowest BCUT2D eigenvalue weighted by Gasteiger charge is -2.07. The topological polar surface area (TPSA) is 50.4 Å². The summed E-state index contributed by atoms with van der Waals surface area (Å²) in [5.41, 5.74) is 1.30. The average molecular weight is 264 g/mol. The van der Waals surface area contributed by atoms with Crippen LogP contribution in [0.4, 0.5) is 0 Å². The molecule has 1 N–H and O–H groups in total. The molecule has 0 atom stereocenters. The third-order valence-electron chi connectivity index (χ3n) is 3.18. The Hall–Kier alpha value is -2.81. The van der Waals surface area contributed by atoms with Gasteiger partial charge < -0.3 is 9.52 Å². The van der Waals surface area contributed by atoms with Crippen LogP contribution < -0.4 is 5.43 Å². The maximum Gasteiger partial charge on any atom is 0.235 e. The fraction of sp³-hybridized carbons (Fsp3) is 0. The number of benzene rings is 2. The zero-order valence-electron chi connectivity index (χ0n) is 10.7. The highest BCUT2D eigenvalue weighted by molar-refractivity contribution is 5.89. The summed E-state index contributed by atoms with van der Waals surface area (Å²) in [5, 5.41) is 10.5. The lowest BCUT2D eigenvalue weighted by molar-refractivity contribution is 0.449. The number of hydrogen-bond acceptors (Lipinski definition) is 3. The van der Waals surface area contributed by atoms with Gasteiger partial charge >= 0.3 is 0 Å². The smallest absolute Gasteiger partial charge is 0.235 e. The van der Waals surface area contributed by atoms with E-state index in [1.165, 1.54) is 0 Å². The van der Waals surface area contributed by atoms with Gasteiger partial charge in [0.2, 0.25) is 11.2 Å². The first-order valence-corrected chi connectivity index (χ1v) is 6.19. The van der Waals surface area contributed by atoms with Gasteiger partial charge in [-0.1, -0.05) is 55.1 Å². The first-order chi connectivity index (χ1) is 9.72. The van der Waals surface area contributed by atoms with Crippen molar-refractivity contribution in [1.82, 2.24) is 0 Å². The molecule has 98 valence electrons. The zero-order chi connectivity index (χ0) is 14.1. The summed E-state index contributed by atoms with van der Waals surface area (Å²) < 4.78 is 5.70. The summed E-state index contributed by atoms with van der Waals surface area (Å²) in [6, 6.07) is 14.3. The second-order valence-corrected chi connectivity index (χ2v) is 4.40. The van der Waals surface area contributed by atoms with Crippen molar-refractivity contribution in [3.05, 3.63) is 70.9 Å². The maximum atomic E-state index is 12.3. The summed E-state index contributed by atoms with van der Waals surface area (Å²) >= 11 is 0. The molecule has 0 aliphatic carbocycles. The second kappa shape index (κ2) is 4.70. The molecule has 0 amide bonds. The SMILES string of the molecule is C=Cc1cccc2oc(-c3ccccc3)c(O)c(=O)c12. The Labute approximate surface area is 115 Å². The van der Waals surface area contributed by atoms with E-state index in [2.05, 4.69) is 6.58 Å². The summed E-state index contributed by atoms with van der Waals surface area (Å²) in [7, 11) is 0. The van der Waals surface area contributed by atoms with Crippen LogP contribution in [0, 0.1) is 0 Å². The lowest BCUT2D eigenvalue weighted by Crippen LogP contribution is -2.04. The maximum absolute atomic E-state index is 12.3. The highest BCUT2D eigenvalue weighted by atomic mass is 16.4. The Kier molecular flexibility index (Phi) is 2.88. The van der Waals surface area contributed by atoms with Crippen molar-refractivity contribution in [2.45, 2.75) is 0 Å². The average Bonchev–Trinajstić information content (AvgIpc) is 2.51. The molecule has 20 heavy (non-hydrogen) atoms. The van der Waals surface area contributed by atoms with Gasteiger partial charge in [-0.25, -0.2) is 0 Å². The van der Waals surface area contributed by atoms with Gasteiger partial charge in [0.25, 0.3) is 0 Å². The molecular weight excluding hydrogens is 252 g/mol. The Morgan fingerprint density at radius 2 is 1.80 bits per heavy atom. The van der Waals surface area contributed by atoms with Crippen molar-refractivity contribution in [3.63, 3.8) is 0 Å². The van der Waals surface area contributed by atoms with E-state index in [-0.39, 0.29) is 11.5 Å². The minimum atomic E-state index is -0.444. The van der Waals surface area contributed by atoms with Crippen LogP contribution in [0.15, 0.2) is 64.3 Å². The number of fused-ring (bicyclic) bond motifs is 1. The molecule has 0 aliphatic heterocycles. The molecule has 3 rings (SSSR count). The van der Waals surface area contributed by atoms with E-state index in [1.54, 1.807) is 36.4 Å². The standard InChI is InChI=1S/C17H12O3/c1-2-11-9-6-10-13-14(11)15(18)16(19)17(20-13)12-7-4-3-5-8-12/h2-10,19H,1H2. The first-order valence-electron chi connectivity index (χ1n) is 6.19. The van der Waals surface area contributed by atoms with Gasteiger partial charge in [-0.15, -0.1) is 0 Å². The van der Waals surface area contributed by atoms with Crippen molar-refractivity contribution in [3.8, 4) is 17.1 Å². The fourth-order valence-electron chi connectivity index (χ4n) is 2.21. The molecule has 0 radical (unpaired) electrons. The third-order valence-corrected chi connectivity index (χ3v) is 3.18. The second-order valence-electron chi connectivity index (χ2n) is 4.40. The van der Waals surface area contributed by atoms with E-state index < -0.39 is 5.43 Å². The Bertz CT molecular complexity index is 845. The van der Waals surface area contributed by atoms with Gasteiger partial charge in [0.05, 0.1) is 5.39 Å². The largest absolute Gasteiger partial charge is 0.502 e. The van der Waals surface area contributed by atoms with Crippen LogP contribution in [-0.4, -0.2) is 5.11 Å². The quantitative estimate of drug-likeness (QED) is 0.765. The molecule has 2 aromatic carbocycles. The Morgan fingerprint density at radius 1 is 1.05 bits per heavy atom. The molecule has 0 spiro atoms. The predicted octanol–water partition coefficient (Wildman–Crippen LogP) is 3.81. The van der Waals surface area contributed by atoms with E-state index in [0.717, 1.165) is 0 Å². The van der Waals surface area contributed by atoms with Gasteiger partial charge in [0.1, 0.15) is 5.58 Å². The van der Waals surface area contributed by atoms with Crippen LogP contribution in [0.2, 0.25) is 0 Å². The molecule has 0 bridgehead atoms. The van der Waals surface area contributed by atoms with E-state index in [1.807, 2.05) is 18.2 Å². The van der Waals surface area contributed by atoms with E-state index >= 15 is 0 Å². The number of aromatic hydroxyl groups is 1. The molecule has 0 saturated heterocycles. The molecule has 0 fully saturated rings. The highest BCUT2D eigenvalue weighted by Gasteiger charge is 2.16. The Morgan fingerprint density at radius 3 is 2.50 bits per heavy atom. The zero-order valence-corrected chi connectivity index (χ0v) is 10.7. The molecule has 0 aliphatic rings. The summed E-state index contributed by atoms with van der Waals surface area (Å²) in [6.45, 7) is 3.67. The van der Waals surface area contributed by atoms with Crippen LogP contribution in [-0.2, 0) is 0 Å². The van der Waals surface area contributed by atoms with E-state index in [9.17, 15) is 9.90 Å².